The Balaban J connectivity index is 0.00000127. The molecule has 1 fully saturated rings. The Morgan fingerprint density at radius 2 is 1.70 bits per heavy atom. The molecule has 194 valence electrons. The predicted molar refractivity (Wildman–Crippen MR) is 151 cm³/mol. The number of nitrogens with two attached hydrogens (primary N) is 1. The summed E-state index contributed by atoms with van der Waals surface area (Å²) in [6.45, 7) is 2.00. The Morgan fingerprint density at radius 3 is 2.46 bits per heavy atom. The Bertz CT molecular complexity index is 1490. The lowest BCUT2D eigenvalue weighted by molar-refractivity contribution is 0.343. The summed E-state index contributed by atoms with van der Waals surface area (Å²) in [5, 5.41) is 9.15. The van der Waals surface area contributed by atoms with E-state index in [0.717, 1.165) is 53.6 Å². The molecule has 1 aliphatic rings. The third kappa shape index (κ3) is 5.43. The number of furan rings is 1. The molecule has 5 aromatic rings. The van der Waals surface area contributed by atoms with Crippen molar-refractivity contribution < 1.29 is 8.81 Å². The van der Waals surface area contributed by atoms with E-state index in [-0.39, 0.29) is 43.0 Å². The van der Waals surface area contributed by atoms with Gasteiger partial charge in [0.05, 0.1) is 30.5 Å². The van der Waals surface area contributed by atoms with Crippen LogP contribution >= 0.6 is 37.2 Å². The second-order valence-electron chi connectivity index (χ2n) is 8.57. The third-order valence-electron chi connectivity index (χ3n) is 6.49. The van der Waals surface area contributed by atoms with Crippen molar-refractivity contribution in [2.24, 2.45) is 0 Å². The van der Waals surface area contributed by atoms with E-state index in [9.17, 15) is 4.39 Å². The van der Waals surface area contributed by atoms with Gasteiger partial charge in [-0.3, -0.25) is 9.67 Å². The monoisotopic (exact) mass is 562 g/mol. The number of hydrogen-bond acceptors (Lipinski definition) is 6. The van der Waals surface area contributed by atoms with E-state index in [1.54, 1.807) is 31.0 Å². The SMILES string of the molecule is Cl.Cl.Cl.Nc1ncc(-c2cnn(C3CCNCC3)c2)cc1-c1cc2c(-c3ccoc3)ccc(F)c2cn1. The fourth-order valence-corrected chi connectivity index (χ4v) is 4.62. The fraction of sp³-hybridized carbons (Fsp3) is 0.192. The molecule has 5 heterocycles. The standard InChI is InChI=1S/C26H23FN6O.3ClH/c27-24-2-1-20(16-5-8-34-15-16)21-10-25(30-13-23(21)24)22-9-17(11-31-26(22)28)18-12-32-33(14-18)19-3-6-29-7-4-19;;;/h1-2,5,8-15,19,29H,3-4,6-7H2,(H2,28,31);3*1H. The maximum atomic E-state index is 14.5. The number of piperidine rings is 1. The fourth-order valence-electron chi connectivity index (χ4n) is 4.62. The van der Waals surface area contributed by atoms with Crippen LogP contribution in [-0.2, 0) is 0 Å². The molecule has 0 bridgehead atoms. The number of nitrogens with one attached hydrogen (secondary N) is 1. The highest BCUT2D eigenvalue weighted by atomic mass is 35.5. The summed E-state index contributed by atoms with van der Waals surface area (Å²) in [7, 11) is 0. The van der Waals surface area contributed by atoms with Gasteiger partial charge in [-0.15, -0.1) is 37.2 Å². The molecule has 3 N–H and O–H groups in total. The lowest BCUT2D eigenvalue weighted by Crippen LogP contribution is -2.29. The van der Waals surface area contributed by atoms with Crippen LogP contribution < -0.4 is 11.1 Å². The molecule has 11 heteroatoms. The average Bonchev–Trinajstić information content (AvgIpc) is 3.58. The van der Waals surface area contributed by atoms with Crippen molar-refractivity contribution in [2.45, 2.75) is 18.9 Å². The smallest absolute Gasteiger partial charge is 0.132 e. The predicted octanol–water partition coefficient (Wildman–Crippen LogP) is 6.33. The molecule has 4 aromatic heterocycles. The molecule has 0 atom stereocenters. The van der Waals surface area contributed by atoms with E-state index in [1.165, 1.54) is 6.07 Å². The first-order valence-corrected chi connectivity index (χ1v) is 11.3. The second-order valence-corrected chi connectivity index (χ2v) is 8.57. The largest absolute Gasteiger partial charge is 0.472 e. The molecule has 1 aliphatic heterocycles. The molecular formula is C26H26Cl3FN6O. The van der Waals surface area contributed by atoms with E-state index in [2.05, 4.69) is 26.6 Å². The summed E-state index contributed by atoms with van der Waals surface area (Å²) in [4.78, 5) is 8.95. The van der Waals surface area contributed by atoms with Crippen molar-refractivity contribution in [2.75, 3.05) is 18.8 Å². The zero-order valence-electron chi connectivity index (χ0n) is 19.6. The highest BCUT2D eigenvalue weighted by Gasteiger charge is 2.18. The number of anilines is 1. The van der Waals surface area contributed by atoms with Gasteiger partial charge in [0, 0.05) is 46.2 Å². The van der Waals surface area contributed by atoms with E-state index in [4.69, 9.17) is 10.2 Å². The van der Waals surface area contributed by atoms with Gasteiger partial charge in [-0.1, -0.05) is 6.07 Å². The first-order valence-electron chi connectivity index (χ1n) is 11.3. The van der Waals surface area contributed by atoms with Gasteiger partial charge in [-0.2, -0.15) is 5.10 Å². The van der Waals surface area contributed by atoms with Crippen LogP contribution in [0.25, 0.3) is 44.3 Å². The number of rotatable bonds is 4. The maximum absolute atomic E-state index is 14.5. The minimum absolute atomic E-state index is 0. The molecule has 0 spiro atoms. The quantitative estimate of drug-likeness (QED) is 0.265. The lowest BCUT2D eigenvalue weighted by Gasteiger charge is -2.22. The van der Waals surface area contributed by atoms with Gasteiger partial charge in [0.1, 0.15) is 11.6 Å². The first kappa shape index (κ1) is 28.4. The van der Waals surface area contributed by atoms with Crippen LogP contribution in [-0.4, -0.2) is 32.8 Å². The number of nitrogen functional groups attached to an aromatic ring is 1. The number of pyridine rings is 2. The molecular weight excluding hydrogens is 538 g/mol. The summed E-state index contributed by atoms with van der Waals surface area (Å²) in [6, 6.07) is 9.27. The zero-order chi connectivity index (χ0) is 23.1. The molecule has 6 rings (SSSR count). The van der Waals surface area contributed by atoms with E-state index < -0.39 is 0 Å². The van der Waals surface area contributed by atoms with Crippen molar-refractivity contribution in [1.82, 2.24) is 25.1 Å². The van der Waals surface area contributed by atoms with Gasteiger partial charge in [0.25, 0.3) is 0 Å². The summed E-state index contributed by atoms with van der Waals surface area (Å²) >= 11 is 0. The van der Waals surface area contributed by atoms with Crippen molar-refractivity contribution in [3.63, 3.8) is 0 Å². The molecule has 0 saturated carbocycles. The van der Waals surface area contributed by atoms with E-state index in [0.29, 0.717) is 28.5 Å². The van der Waals surface area contributed by atoms with E-state index >= 15 is 0 Å². The normalized spacial score (nSPS) is 13.4. The molecule has 0 amide bonds. The van der Waals surface area contributed by atoms with E-state index in [1.807, 2.05) is 29.1 Å². The number of aromatic nitrogens is 4. The Kier molecular flexibility index (Phi) is 9.15. The third-order valence-corrected chi connectivity index (χ3v) is 6.49. The van der Waals surface area contributed by atoms with Crippen LogP contribution in [0, 0.1) is 5.82 Å². The molecule has 0 radical (unpaired) electrons. The molecule has 7 nitrogen and oxygen atoms in total. The lowest BCUT2D eigenvalue weighted by atomic mass is 9.98. The molecule has 1 saturated heterocycles. The Hall–Kier alpha value is -3.17. The zero-order valence-corrected chi connectivity index (χ0v) is 22.1. The average molecular weight is 564 g/mol. The number of nitrogens with zero attached hydrogens (tertiary/aromatic N) is 4. The number of hydrogen-bond donors (Lipinski definition) is 2. The topological polar surface area (TPSA) is 94.8 Å². The minimum Gasteiger partial charge on any atom is -0.472 e. The van der Waals surface area contributed by atoms with Crippen LogP contribution in [0.5, 0.6) is 0 Å². The van der Waals surface area contributed by atoms with Crippen molar-refractivity contribution >= 4 is 53.8 Å². The van der Waals surface area contributed by atoms with Gasteiger partial charge in [0.15, 0.2) is 0 Å². The van der Waals surface area contributed by atoms with Crippen LogP contribution in [0.3, 0.4) is 0 Å². The highest BCUT2D eigenvalue weighted by molar-refractivity contribution is 5.98. The molecule has 0 aliphatic carbocycles. The minimum atomic E-state index is -0.327. The summed E-state index contributed by atoms with van der Waals surface area (Å²) in [5.74, 6) is 0.0362. The van der Waals surface area contributed by atoms with Gasteiger partial charge in [-0.05, 0) is 61.1 Å². The molecule has 1 aromatic carbocycles. The molecule has 37 heavy (non-hydrogen) atoms. The number of halogens is 4. The van der Waals surface area contributed by atoms with Crippen LogP contribution in [0.15, 0.2) is 72.1 Å². The Labute approximate surface area is 231 Å². The number of benzene rings is 1. The second kappa shape index (κ2) is 11.9. The van der Waals surface area contributed by atoms with Gasteiger partial charge in [0.2, 0.25) is 0 Å². The van der Waals surface area contributed by atoms with Crippen LogP contribution in [0.2, 0.25) is 0 Å². The van der Waals surface area contributed by atoms with Gasteiger partial charge in [-0.25, -0.2) is 9.37 Å². The molecule has 0 unspecified atom stereocenters. The van der Waals surface area contributed by atoms with Gasteiger partial charge < -0.3 is 15.5 Å². The Morgan fingerprint density at radius 1 is 0.892 bits per heavy atom. The highest BCUT2D eigenvalue weighted by Crippen LogP contribution is 2.35. The van der Waals surface area contributed by atoms with Crippen LogP contribution in [0.4, 0.5) is 10.2 Å². The van der Waals surface area contributed by atoms with Crippen LogP contribution in [0.1, 0.15) is 18.9 Å². The first-order chi connectivity index (χ1) is 16.7. The maximum Gasteiger partial charge on any atom is 0.132 e. The number of fused-ring (bicyclic) bond motifs is 1. The van der Waals surface area contributed by atoms with Gasteiger partial charge >= 0.3 is 0 Å². The summed E-state index contributed by atoms with van der Waals surface area (Å²) in [5.41, 5.74) is 11.2. The summed E-state index contributed by atoms with van der Waals surface area (Å²) in [6.07, 6.45) is 12.6. The van der Waals surface area contributed by atoms with Crippen molar-refractivity contribution in [3.05, 3.63) is 73.5 Å². The summed E-state index contributed by atoms with van der Waals surface area (Å²) < 4.78 is 21.8. The van der Waals surface area contributed by atoms with Crippen molar-refractivity contribution in [1.29, 1.82) is 0 Å². The van der Waals surface area contributed by atoms with Crippen molar-refractivity contribution in [3.8, 4) is 33.5 Å².